The van der Waals surface area contributed by atoms with Gasteiger partial charge in [-0.2, -0.15) is 0 Å². The van der Waals surface area contributed by atoms with Crippen molar-refractivity contribution >= 4 is 17.3 Å². The van der Waals surface area contributed by atoms with E-state index in [0.717, 1.165) is 31.6 Å². The summed E-state index contributed by atoms with van der Waals surface area (Å²) in [5.74, 6) is -0.408. The van der Waals surface area contributed by atoms with E-state index in [0.29, 0.717) is 6.54 Å². The zero-order valence-corrected chi connectivity index (χ0v) is 17.4. The van der Waals surface area contributed by atoms with Crippen molar-refractivity contribution in [2.75, 3.05) is 29.4 Å². The average Bonchev–Trinajstić information content (AvgIpc) is 2.82. The van der Waals surface area contributed by atoms with E-state index in [-0.39, 0.29) is 23.7 Å². The maximum absolute atomic E-state index is 13.5. The molecular weight excluding hydrogens is 389 g/mol. The zero-order valence-electron chi connectivity index (χ0n) is 17.4. The number of para-hydroxylation sites is 2. The van der Waals surface area contributed by atoms with Crippen LogP contribution in [0.4, 0.5) is 15.8 Å². The standard InChI is InChI=1S/C26H26FN3O/c27-21-9-6-7-19(15-21)17-28-26(31)23-16-20-8-4-5-12-24(20)30-14-13-29(18-25(23)30)22-10-2-1-3-11-22/h1-12,15,23,25H,13-14,16-18H2,(H,28,31)/t23-,25+/m0/s1. The first-order valence-corrected chi connectivity index (χ1v) is 10.9. The van der Waals surface area contributed by atoms with Gasteiger partial charge >= 0.3 is 0 Å². The molecule has 0 saturated carbocycles. The maximum atomic E-state index is 13.5. The van der Waals surface area contributed by atoms with E-state index in [1.807, 2.05) is 18.2 Å². The molecular formula is C26H26FN3O. The summed E-state index contributed by atoms with van der Waals surface area (Å²) >= 11 is 0. The molecule has 0 unspecified atom stereocenters. The highest BCUT2D eigenvalue weighted by atomic mass is 19.1. The third-order valence-corrected chi connectivity index (χ3v) is 6.44. The van der Waals surface area contributed by atoms with E-state index in [2.05, 4.69) is 57.6 Å². The minimum absolute atomic E-state index is 0.0312. The van der Waals surface area contributed by atoms with Crippen molar-refractivity contribution in [3.05, 3.63) is 95.8 Å². The topological polar surface area (TPSA) is 35.6 Å². The third kappa shape index (κ3) is 4.00. The van der Waals surface area contributed by atoms with Crippen LogP contribution < -0.4 is 15.1 Å². The summed E-state index contributed by atoms with van der Waals surface area (Å²) < 4.78 is 13.5. The van der Waals surface area contributed by atoms with Crippen LogP contribution >= 0.6 is 0 Å². The van der Waals surface area contributed by atoms with Gasteiger partial charge in [-0.25, -0.2) is 4.39 Å². The fraction of sp³-hybridized carbons (Fsp3) is 0.269. The Kier molecular flexibility index (Phi) is 5.33. The number of halogens is 1. The first kappa shape index (κ1) is 19.6. The van der Waals surface area contributed by atoms with Crippen LogP contribution in [-0.2, 0) is 17.8 Å². The first-order chi connectivity index (χ1) is 15.2. The third-order valence-electron chi connectivity index (χ3n) is 6.44. The summed E-state index contributed by atoms with van der Waals surface area (Å²) in [7, 11) is 0. The van der Waals surface area contributed by atoms with E-state index in [1.54, 1.807) is 6.07 Å². The van der Waals surface area contributed by atoms with Crippen LogP contribution in [0.25, 0.3) is 0 Å². The van der Waals surface area contributed by atoms with Gasteiger partial charge in [0, 0.05) is 37.6 Å². The normalized spacial score (nSPS) is 20.0. The SMILES string of the molecule is O=C(NCc1cccc(F)c1)[C@H]1Cc2ccccc2N2CCN(c3ccccc3)C[C@H]12. The van der Waals surface area contributed by atoms with Crippen molar-refractivity contribution in [3.63, 3.8) is 0 Å². The van der Waals surface area contributed by atoms with E-state index in [1.165, 1.54) is 29.1 Å². The number of hydrogen-bond acceptors (Lipinski definition) is 3. The highest BCUT2D eigenvalue weighted by molar-refractivity contribution is 5.82. The van der Waals surface area contributed by atoms with Gasteiger partial charge in [0.2, 0.25) is 5.91 Å². The lowest BCUT2D eigenvalue weighted by atomic mass is 9.83. The number of nitrogens with one attached hydrogen (secondary N) is 1. The number of fused-ring (bicyclic) bond motifs is 3. The molecule has 1 fully saturated rings. The van der Waals surface area contributed by atoms with Gasteiger partial charge in [0.1, 0.15) is 5.82 Å². The van der Waals surface area contributed by atoms with Crippen molar-refractivity contribution < 1.29 is 9.18 Å². The number of hydrogen-bond donors (Lipinski definition) is 1. The molecule has 2 heterocycles. The number of amides is 1. The van der Waals surface area contributed by atoms with E-state index in [4.69, 9.17) is 0 Å². The predicted octanol–water partition coefficient (Wildman–Crippen LogP) is 4.01. The summed E-state index contributed by atoms with van der Waals surface area (Å²) in [4.78, 5) is 18.1. The van der Waals surface area contributed by atoms with Gasteiger partial charge in [0.25, 0.3) is 0 Å². The van der Waals surface area contributed by atoms with Crippen LogP contribution in [0.15, 0.2) is 78.9 Å². The number of nitrogens with zero attached hydrogens (tertiary/aromatic N) is 2. The van der Waals surface area contributed by atoms with Crippen LogP contribution in [0.3, 0.4) is 0 Å². The minimum Gasteiger partial charge on any atom is -0.368 e. The fourth-order valence-electron chi connectivity index (χ4n) is 4.90. The Morgan fingerprint density at radius 3 is 2.61 bits per heavy atom. The molecule has 0 spiro atoms. The number of benzene rings is 3. The van der Waals surface area contributed by atoms with Gasteiger partial charge in [-0.1, -0.05) is 48.5 Å². The molecule has 0 bridgehead atoms. The van der Waals surface area contributed by atoms with Crippen molar-refractivity contribution in [3.8, 4) is 0 Å². The number of rotatable bonds is 4. The Balaban J connectivity index is 1.39. The largest absolute Gasteiger partial charge is 0.368 e. The molecule has 0 aliphatic carbocycles. The lowest BCUT2D eigenvalue weighted by molar-refractivity contribution is -0.126. The Hall–Kier alpha value is -3.34. The van der Waals surface area contributed by atoms with E-state index >= 15 is 0 Å². The Morgan fingerprint density at radius 2 is 1.77 bits per heavy atom. The molecule has 158 valence electrons. The van der Waals surface area contributed by atoms with Gasteiger partial charge in [-0.15, -0.1) is 0 Å². The molecule has 4 nitrogen and oxygen atoms in total. The van der Waals surface area contributed by atoms with Crippen LogP contribution in [0.1, 0.15) is 11.1 Å². The molecule has 0 radical (unpaired) electrons. The molecule has 5 rings (SSSR count). The monoisotopic (exact) mass is 415 g/mol. The molecule has 3 aromatic rings. The quantitative estimate of drug-likeness (QED) is 0.699. The second kappa shape index (κ2) is 8.42. The van der Waals surface area contributed by atoms with Gasteiger partial charge in [-0.3, -0.25) is 4.79 Å². The molecule has 2 atom stereocenters. The van der Waals surface area contributed by atoms with Crippen molar-refractivity contribution in [2.45, 2.75) is 19.0 Å². The van der Waals surface area contributed by atoms with E-state index in [9.17, 15) is 9.18 Å². The van der Waals surface area contributed by atoms with E-state index < -0.39 is 0 Å². The van der Waals surface area contributed by atoms with Crippen LogP contribution in [-0.4, -0.2) is 31.6 Å². The second-order valence-electron chi connectivity index (χ2n) is 8.33. The smallest absolute Gasteiger partial charge is 0.225 e. The highest BCUT2D eigenvalue weighted by Crippen LogP contribution is 2.36. The molecule has 5 heteroatoms. The molecule has 1 N–H and O–H groups in total. The lowest BCUT2D eigenvalue weighted by Gasteiger charge is -2.49. The first-order valence-electron chi connectivity index (χ1n) is 10.9. The van der Waals surface area contributed by atoms with Gasteiger partial charge in [-0.05, 0) is 47.9 Å². The molecule has 2 aliphatic rings. The van der Waals surface area contributed by atoms with Crippen LogP contribution in [0.2, 0.25) is 0 Å². The molecule has 31 heavy (non-hydrogen) atoms. The molecule has 1 saturated heterocycles. The Morgan fingerprint density at radius 1 is 0.968 bits per heavy atom. The fourth-order valence-corrected chi connectivity index (χ4v) is 4.90. The predicted molar refractivity (Wildman–Crippen MR) is 122 cm³/mol. The van der Waals surface area contributed by atoms with Crippen molar-refractivity contribution in [1.29, 1.82) is 0 Å². The summed E-state index contributed by atoms with van der Waals surface area (Å²) in [5.41, 5.74) is 4.43. The Bertz CT molecular complexity index is 1070. The Labute approximate surface area is 182 Å². The number of piperazine rings is 1. The summed E-state index contributed by atoms with van der Waals surface area (Å²) in [6.45, 7) is 2.94. The average molecular weight is 416 g/mol. The maximum Gasteiger partial charge on any atom is 0.225 e. The van der Waals surface area contributed by atoms with Crippen LogP contribution in [0.5, 0.6) is 0 Å². The molecule has 1 amide bonds. The van der Waals surface area contributed by atoms with Crippen LogP contribution in [0, 0.1) is 11.7 Å². The van der Waals surface area contributed by atoms with Gasteiger partial charge < -0.3 is 15.1 Å². The van der Waals surface area contributed by atoms with Gasteiger partial charge in [0.05, 0.1) is 12.0 Å². The summed E-state index contributed by atoms with van der Waals surface area (Å²) in [6, 6.07) is 25.3. The highest BCUT2D eigenvalue weighted by Gasteiger charge is 2.41. The summed E-state index contributed by atoms with van der Waals surface area (Å²) in [6.07, 6.45) is 0.717. The van der Waals surface area contributed by atoms with Gasteiger partial charge in [0.15, 0.2) is 0 Å². The minimum atomic E-state index is -0.282. The number of carbonyl (C=O) groups is 1. The zero-order chi connectivity index (χ0) is 21.2. The second-order valence-corrected chi connectivity index (χ2v) is 8.33. The molecule has 2 aliphatic heterocycles. The lowest BCUT2D eigenvalue weighted by Crippen LogP contribution is -2.61. The van der Waals surface area contributed by atoms with Crippen molar-refractivity contribution in [1.82, 2.24) is 5.32 Å². The number of anilines is 2. The number of carbonyl (C=O) groups excluding carboxylic acids is 1. The molecule has 3 aromatic carbocycles. The summed E-state index contributed by atoms with van der Waals surface area (Å²) in [5, 5.41) is 3.06. The molecule has 0 aromatic heterocycles. The van der Waals surface area contributed by atoms with Crippen molar-refractivity contribution in [2.24, 2.45) is 5.92 Å².